The second-order valence-corrected chi connectivity index (χ2v) is 8.76. The second-order valence-electron chi connectivity index (χ2n) is 7.74. The van der Waals surface area contributed by atoms with Crippen molar-refractivity contribution in [3.63, 3.8) is 0 Å². The highest BCUT2D eigenvalue weighted by Gasteiger charge is 2.28. The molecule has 35 heavy (non-hydrogen) atoms. The number of amides is 2. The van der Waals surface area contributed by atoms with Crippen molar-refractivity contribution in [1.29, 1.82) is 0 Å². The Hall–Kier alpha value is -3.86. The Bertz CT molecular complexity index is 1200. The van der Waals surface area contributed by atoms with Gasteiger partial charge in [-0.1, -0.05) is 6.92 Å². The maximum absolute atomic E-state index is 12.9. The number of esters is 1. The van der Waals surface area contributed by atoms with Gasteiger partial charge in [0.1, 0.15) is 16.5 Å². The summed E-state index contributed by atoms with van der Waals surface area (Å²) >= 11 is 1.03. The molecular formula is C24H28N4O6S. The summed E-state index contributed by atoms with van der Waals surface area (Å²) in [5.41, 5.74) is 0.760. The maximum Gasteiger partial charge on any atom is 0.341 e. The van der Waals surface area contributed by atoms with Gasteiger partial charge < -0.3 is 24.4 Å². The third-order valence-electron chi connectivity index (χ3n) is 4.91. The molecule has 0 atom stereocenters. The van der Waals surface area contributed by atoms with Crippen molar-refractivity contribution in [3.8, 4) is 11.5 Å². The van der Waals surface area contributed by atoms with Gasteiger partial charge in [0.05, 0.1) is 24.2 Å². The number of thiophene rings is 1. The predicted molar refractivity (Wildman–Crippen MR) is 131 cm³/mol. The van der Waals surface area contributed by atoms with Crippen molar-refractivity contribution in [3.05, 3.63) is 58.2 Å². The van der Waals surface area contributed by atoms with E-state index >= 15 is 0 Å². The molecule has 0 aliphatic heterocycles. The third-order valence-corrected chi connectivity index (χ3v) is 6.11. The zero-order valence-electron chi connectivity index (χ0n) is 20.3. The van der Waals surface area contributed by atoms with Crippen LogP contribution in [0.4, 0.5) is 5.00 Å². The number of rotatable bonds is 10. The Morgan fingerprint density at radius 3 is 2.43 bits per heavy atom. The number of nitrogens with one attached hydrogen (secondary N) is 1. The average molecular weight is 501 g/mol. The van der Waals surface area contributed by atoms with Crippen LogP contribution in [0.3, 0.4) is 0 Å². The van der Waals surface area contributed by atoms with Crippen LogP contribution in [0.1, 0.15) is 49.4 Å². The molecule has 0 aliphatic carbocycles. The summed E-state index contributed by atoms with van der Waals surface area (Å²) in [5.74, 6) is -0.0465. The number of benzene rings is 1. The van der Waals surface area contributed by atoms with Gasteiger partial charge in [-0.05, 0) is 49.2 Å². The first-order valence-electron chi connectivity index (χ1n) is 10.9. The summed E-state index contributed by atoms with van der Waals surface area (Å²) in [6, 6.07) is 8.62. The Morgan fingerprint density at radius 1 is 1.11 bits per heavy atom. The quantitative estimate of drug-likeness (QED) is 0.421. The number of aromatic nitrogens is 2. The van der Waals surface area contributed by atoms with E-state index in [0.717, 1.165) is 11.3 Å². The molecule has 0 aliphatic rings. The normalized spacial score (nSPS) is 10.5. The second kappa shape index (κ2) is 11.5. The largest absolute Gasteiger partial charge is 0.497 e. The smallest absolute Gasteiger partial charge is 0.341 e. The molecule has 10 nitrogen and oxygen atoms in total. The number of nitrogens with zero attached hydrogens (tertiary/aromatic N) is 3. The molecule has 0 unspecified atom stereocenters. The van der Waals surface area contributed by atoms with Gasteiger partial charge in [0.15, 0.2) is 12.4 Å². The van der Waals surface area contributed by atoms with Gasteiger partial charge in [-0.2, -0.15) is 5.10 Å². The number of hydrogen-bond donors (Lipinski definition) is 1. The summed E-state index contributed by atoms with van der Waals surface area (Å²) in [6.45, 7) is 3.87. The van der Waals surface area contributed by atoms with E-state index < -0.39 is 11.9 Å². The van der Waals surface area contributed by atoms with E-state index in [0.29, 0.717) is 28.4 Å². The lowest BCUT2D eigenvalue weighted by atomic mass is 10.1. The van der Waals surface area contributed by atoms with E-state index in [2.05, 4.69) is 10.4 Å². The molecule has 11 heteroatoms. The minimum Gasteiger partial charge on any atom is -0.497 e. The summed E-state index contributed by atoms with van der Waals surface area (Å²) in [6.07, 6.45) is 2.26. The standard InChI is InChI=1S/C24H28N4O6S/c1-6-13-33-24(31)19-15(2)20(23(30)27(3)4)35-22(19)25-21(29)18-11-12-28(26-18)14-34-17-9-7-16(32-5)8-10-17/h7-12H,6,13-14H2,1-5H3,(H,25,29). The molecule has 0 saturated carbocycles. The molecular weight excluding hydrogens is 472 g/mol. The van der Waals surface area contributed by atoms with Crippen LogP contribution >= 0.6 is 11.3 Å². The van der Waals surface area contributed by atoms with E-state index in [1.54, 1.807) is 58.6 Å². The van der Waals surface area contributed by atoms with Crippen LogP contribution in [0, 0.1) is 6.92 Å². The lowest BCUT2D eigenvalue weighted by Crippen LogP contribution is -2.21. The zero-order chi connectivity index (χ0) is 25.5. The zero-order valence-corrected chi connectivity index (χ0v) is 21.1. The molecule has 3 rings (SSSR count). The monoisotopic (exact) mass is 500 g/mol. The van der Waals surface area contributed by atoms with Crippen molar-refractivity contribution in [2.45, 2.75) is 27.0 Å². The van der Waals surface area contributed by atoms with Crippen LogP contribution in [0.15, 0.2) is 36.5 Å². The number of hydrogen-bond acceptors (Lipinski definition) is 8. The van der Waals surface area contributed by atoms with Crippen molar-refractivity contribution >= 4 is 34.1 Å². The van der Waals surface area contributed by atoms with Gasteiger partial charge in [-0.15, -0.1) is 11.3 Å². The Balaban J connectivity index is 1.76. The van der Waals surface area contributed by atoms with Gasteiger partial charge in [-0.25, -0.2) is 9.48 Å². The lowest BCUT2D eigenvalue weighted by Gasteiger charge is -2.09. The van der Waals surface area contributed by atoms with Crippen LogP contribution in [0.25, 0.3) is 0 Å². The topological polar surface area (TPSA) is 112 Å². The molecule has 2 amide bonds. The molecule has 1 N–H and O–H groups in total. The molecule has 2 aromatic heterocycles. The molecule has 2 heterocycles. The van der Waals surface area contributed by atoms with E-state index in [4.69, 9.17) is 14.2 Å². The van der Waals surface area contributed by atoms with Crippen LogP contribution in [-0.2, 0) is 11.5 Å². The Labute approximate surface area is 207 Å². The van der Waals surface area contributed by atoms with Gasteiger partial charge in [0.2, 0.25) is 0 Å². The molecule has 1 aromatic carbocycles. The van der Waals surface area contributed by atoms with E-state index in [9.17, 15) is 14.4 Å². The van der Waals surface area contributed by atoms with Crippen molar-refractivity contribution in [2.75, 3.05) is 33.1 Å². The van der Waals surface area contributed by atoms with Gasteiger partial charge in [0.25, 0.3) is 11.8 Å². The third kappa shape index (κ3) is 6.18. The Kier molecular flexibility index (Phi) is 8.48. The first-order valence-corrected chi connectivity index (χ1v) is 11.7. The van der Waals surface area contributed by atoms with E-state index in [1.165, 1.54) is 15.6 Å². The Morgan fingerprint density at radius 2 is 1.80 bits per heavy atom. The SMILES string of the molecule is CCCOC(=O)c1c(NC(=O)c2ccn(COc3ccc(OC)cc3)n2)sc(C(=O)N(C)C)c1C. The highest BCUT2D eigenvalue weighted by atomic mass is 32.1. The van der Waals surface area contributed by atoms with Crippen LogP contribution in [0.2, 0.25) is 0 Å². The van der Waals surface area contributed by atoms with Crippen LogP contribution in [-0.4, -0.2) is 60.3 Å². The molecule has 0 bridgehead atoms. The fraction of sp³-hybridized carbons (Fsp3) is 0.333. The van der Waals surface area contributed by atoms with Gasteiger partial charge in [-0.3, -0.25) is 9.59 Å². The summed E-state index contributed by atoms with van der Waals surface area (Å²) in [5, 5.41) is 7.20. The molecule has 3 aromatic rings. The minimum atomic E-state index is -0.591. The number of carbonyl (C=O) groups is 3. The van der Waals surface area contributed by atoms with Crippen molar-refractivity contribution in [1.82, 2.24) is 14.7 Å². The number of anilines is 1. The van der Waals surface area contributed by atoms with E-state index in [1.807, 2.05) is 6.92 Å². The van der Waals surface area contributed by atoms with Gasteiger partial charge >= 0.3 is 5.97 Å². The maximum atomic E-state index is 12.9. The minimum absolute atomic E-state index is 0.0911. The average Bonchev–Trinajstić information content (AvgIpc) is 3.45. The predicted octanol–water partition coefficient (Wildman–Crippen LogP) is 3.82. The van der Waals surface area contributed by atoms with Crippen molar-refractivity contribution < 1.29 is 28.6 Å². The fourth-order valence-corrected chi connectivity index (χ4v) is 4.27. The number of methoxy groups -OCH3 is 1. The summed E-state index contributed by atoms with van der Waals surface area (Å²) < 4.78 is 17.5. The molecule has 0 radical (unpaired) electrons. The summed E-state index contributed by atoms with van der Waals surface area (Å²) in [4.78, 5) is 40.0. The van der Waals surface area contributed by atoms with Crippen LogP contribution < -0.4 is 14.8 Å². The number of carbonyl (C=O) groups excluding carboxylic acids is 3. The highest BCUT2D eigenvalue weighted by molar-refractivity contribution is 7.18. The first-order chi connectivity index (χ1) is 16.7. The lowest BCUT2D eigenvalue weighted by molar-refractivity contribution is 0.0506. The fourth-order valence-electron chi connectivity index (χ4n) is 3.06. The molecule has 186 valence electrons. The van der Waals surface area contributed by atoms with Crippen LogP contribution in [0.5, 0.6) is 11.5 Å². The number of ether oxygens (including phenoxy) is 3. The highest BCUT2D eigenvalue weighted by Crippen LogP contribution is 2.34. The van der Waals surface area contributed by atoms with Crippen molar-refractivity contribution in [2.24, 2.45) is 0 Å². The summed E-state index contributed by atoms with van der Waals surface area (Å²) in [7, 11) is 4.83. The van der Waals surface area contributed by atoms with E-state index in [-0.39, 0.29) is 35.5 Å². The van der Waals surface area contributed by atoms with Gasteiger partial charge in [0, 0.05) is 20.3 Å². The molecule has 0 saturated heterocycles. The first kappa shape index (κ1) is 25.8. The molecule has 0 spiro atoms. The molecule has 0 fully saturated rings.